The molecule has 0 unspecified atom stereocenters. The van der Waals surface area contributed by atoms with E-state index in [4.69, 9.17) is 5.11 Å². The van der Waals surface area contributed by atoms with Gasteiger partial charge in [0.1, 0.15) is 0 Å². The Hall–Kier alpha value is -2.21. The van der Waals surface area contributed by atoms with Crippen molar-refractivity contribution < 1.29 is 14.8 Å². The summed E-state index contributed by atoms with van der Waals surface area (Å²) in [5.74, 6) is -0.408. The third-order valence-corrected chi connectivity index (χ3v) is 2.12. The van der Waals surface area contributed by atoms with Gasteiger partial charge in [-0.25, -0.2) is 0 Å². The lowest BCUT2D eigenvalue weighted by atomic mass is 10.1. The minimum atomic E-state index is -0.631. The van der Waals surface area contributed by atoms with Gasteiger partial charge >= 0.3 is 0 Å². The highest BCUT2D eigenvalue weighted by atomic mass is 16.6. The van der Waals surface area contributed by atoms with Gasteiger partial charge in [-0.05, 0) is 19.1 Å². The fraction of sp³-hybridized carbons (Fsp3) is 0.250. The molecule has 6 heteroatoms. The zero-order valence-electron chi connectivity index (χ0n) is 9.87. The number of hydrogen-bond donors (Lipinski definition) is 2. The van der Waals surface area contributed by atoms with Crippen LogP contribution in [0.15, 0.2) is 30.3 Å². The number of carbonyl (C=O) groups excluding carboxylic acids is 1. The van der Waals surface area contributed by atoms with Crippen LogP contribution < -0.4 is 5.32 Å². The van der Waals surface area contributed by atoms with Gasteiger partial charge in [0.15, 0.2) is 0 Å². The van der Waals surface area contributed by atoms with Crippen LogP contribution in [0, 0.1) is 10.1 Å². The Balaban J connectivity index is 2.72. The third-order valence-electron chi connectivity index (χ3n) is 2.12. The Morgan fingerprint density at radius 3 is 2.83 bits per heavy atom. The standard InChI is InChI=1S/C12H14N2O4/c1-9(15)8-13-12(16)7-6-10-4-2-3-5-11(10)14(17)18/h2-7,9,15H,8H2,1H3,(H,13,16)/b7-6+/t9-/m0/s1. The van der Waals surface area contributed by atoms with E-state index < -0.39 is 16.9 Å². The number of hydrogen-bond acceptors (Lipinski definition) is 4. The highest BCUT2D eigenvalue weighted by molar-refractivity contribution is 5.92. The molecule has 1 atom stereocenters. The van der Waals surface area contributed by atoms with Crippen LogP contribution >= 0.6 is 0 Å². The quantitative estimate of drug-likeness (QED) is 0.465. The third kappa shape index (κ3) is 4.34. The summed E-state index contributed by atoms with van der Waals surface area (Å²) in [7, 11) is 0. The molecule has 1 rings (SSSR count). The fourth-order valence-corrected chi connectivity index (χ4v) is 1.27. The Bertz CT molecular complexity index is 469. The van der Waals surface area contributed by atoms with Gasteiger partial charge in [0.2, 0.25) is 5.91 Å². The molecule has 0 aromatic heterocycles. The number of nitrogens with one attached hydrogen (secondary N) is 1. The molecule has 6 nitrogen and oxygen atoms in total. The van der Waals surface area contributed by atoms with Crippen molar-refractivity contribution in [3.8, 4) is 0 Å². The molecular weight excluding hydrogens is 236 g/mol. The van der Waals surface area contributed by atoms with Crippen LogP contribution in [0.2, 0.25) is 0 Å². The Kier molecular flexibility index (Phi) is 5.01. The second-order valence-corrected chi connectivity index (χ2v) is 3.74. The Morgan fingerprint density at radius 2 is 2.22 bits per heavy atom. The maximum Gasteiger partial charge on any atom is 0.276 e. The van der Waals surface area contributed by atoms with Gasteiger partial charge in [0, 0.05) is 18.7 Å². The SMILES string of the molecule is C[C@H](O)CNC(=O)/C=C/c1ccccc1[N+](=O)[O-]. The van der Waals surface area contributed by atoms with E-state index in [9.17, 15) is 14.9 Å². The van der Waals surface area contributed by atoms with Crippen LogP contribution in [-0.2, 0) is 4.79 Å². The minimum absolute atomic E-state index is 0.0583. The average Bonchev–Trinajstić information content (AvgIpc) is 2.34. The summed E-state index contributed by atoms with van der Waals surface area (Å²) < 4.78 is 0. The number of aliphatic hydroxyl groups excluding tert-OH is 1. The van der Waals surface area contributed by atoms with Gasteiger partial charge < -0.3 is 10.4 Å². The highest BCUT2D eigenvalue weighted by Gasteiger charge is 2.09. The predicted molar refractivity (Wildman–Crippen MR) is 66.8 cm³/mol. The molecule has 0 aliphatic rings. The zero-order chi connectivity index (χ0) is 13.5. The monoisotopic (exact) mass is 250 g/mol. The lowest BCUT2D eigenvalue weighted by molar-refractivity contribution is -0.385. The molecule has 0 aliphatic carbocycles. The first-order valence-electron chi connectivity index (χ1n) is 5.38. The van der Waals surface area contributed by atoms with E-state index in [-0.39, 0.29) is 12.2 Å². The molecule has 0 aliphatic heterocycles. The molecular formula is C12H14N2O4. The van der Waals surface area contributed by atoms with E-state index in [2.05, 4.69) is 5.32 Å². The topological polar surface area (TPSA) is 92.5 Å². The van der Waals surface area contributed by atoms with Crippen LogP contribution in [0.1, 0.15) is 12.5 Å². The molecule has 1 aromatic carbocycles. The average molecular weight is 250 g/mol. The Labute approximate surface area is 104 Å². The number of benzene rings is 1. The van der Waals surface area contributed by atoms with E-state index in [1.807, 2.05) is 0 Å². The van der Waals surface area contributed by atoms with E-state index in [1.54, 1.807) is 25.1 Å². The molecule has 0 radical (unpaired) electrons. The molecule has 2 N–H and O–H groups in total. The second kappa shape index (κ2) is 6.51. The normalized spacial score (nSPS) is 12.3. The first-order chi connectivity index (χ1) is 8.50. The number of nitrogens with zero attached hydrogens (tertiary/aromatic N) is 1. The first kappa shape index (κ1) is 13.9. The van der Waals surface area contributed by atoms with E-state index >= 15 is 0 Å². The summed E-state index contributed by atoms with van der Waals surface area (Å²) in [6.45, 7) is 1.69. The van der Waals surface area contributed by atoms with Crippen LogP contribution in [0.25, 0.3) is 6.08 Å². The minimum Gasteiger partial charge on any atom is -0.392 e. The summed E-state index contributed by atoms with van der Waals surface area (Å²) in [6.07, 6.45) is 1.94. The van der Waals surface area contributed by atoms with Crippen molar-refractivity contribution in [1.29, 1.82) is 0 Å². The number of rotatable bonds is 5. The highest BCUT2D eigenvalue weighted by Crippen LogP contribution is 2.18. The number of aliphatic hydroxyl groups is 1. The second-order valence-electron chi connectivity index (χ2n) is 3.74. The van der Waals surface area contributed by atoms with Crippen LogP contribution in [-0.4, -0.2) is 28.6 Å². The first-order valence-corrected chi connectivity index (χ1v) is 5.38. The lowest BCUT2D eigenvalue weighted by Gasteiger charge is -2.03. The Morgan fingerprint density at radius 1 is 1.56 bits per heavy atom. The van der Waals surface area contributed by atoms with E-state index in [0.29, 0.717) is 5.56 Å². The maximum absolute atomic E-state index is 11.3. The summed E-state index contributed by atoms with van der Waals surface area (Å²) in [6, 6.07) is 6.13. The van der Waals surface area contributed by atoms with Crippen molar-refractivity contribution in [2.24, 2.45) is 0 Å². The fourth-order valence-electron chi connectivity index (χ4n) is 1.27. The predicted octanol–water partition coefficient (Wildman–Crippen LogP) is 1.11. The summed E-state index contributed by atoms with van der Waals surface area (Å²) in [4.78, 5) is 21.5. The number of nitro groups is 1. The molecule has 0 saturated heterocycles. The van der Waals surface area contributed by atoms with Gasteiger partial charge in [0.05, 0.1) is 16.6 Å². The molecule has 0 fully saturated rings. The van der Waals surface area contributed by atoms with Crippen LogP contribution in [0.3, 0.4) is 0 Å². The number of para-hydroxylation sites is 1. The van der Waals surface area contributed by atoms with Crippen molar-refractivity contribution in [2.45, 2.75) is 13.0 Å². The molecule has 0 bridgehead atoms. The molecule has 1 aromatic rings. The smallest absolute Gasteiger partial charge is 0.276 e. The summed E-state index contributed by atoms with van der Waals surface area (Å²) in [5.41, 5.74) is 0.298. The van der Waals surface area contributed by atoms with Gasteiger partial charge in [-0.15, -0.1) is 0 Å². The number of amides is 1. The molecule has 1 amide bonds. The van der Waals surface area contributed by atoms with Crippen molar-refractivity contribution in [2.75, 3.05) is 6.54 Å². The van der Waals surface area contributed by atoms with Crippen molar-refractivity contribution >= 4 is 17.7 Å². The van der Waals surface area contributed by atoms with Crippen LogP contribution in [0.4, 0.5) is 5.69 Å². The largest absolute Gasteiger partial charge is 0.392 e. The molecule has 0 spiro atoms. The molecule has 0 saturated carbocycles. The van der Waals surface area contributed by atoms with Crippen molar-refractivity contribution in [3.63, 3.8) is 0 Å². The summed E-state index contributed by atoms with van der Waals surface area (Å²) >= 11 is 0. The van der Waals surface area contributed by atoms with Gasteiger partial charge in [-0.1, -0.05) is 12.1 Å². The summed E-state index contributed by atoms with van der Waals surface area (Å²) in [5, 5.41) is 22.2. The molecule has 96 valence electrons. The van der Waals surface area contributed by atoms with Gasteiger partial charge in [0.25, 0.3) is 5.69 Å². The van der Waals surface area contributed by atoms with E-state index in [0.717, 1.165) is 0 Å². The van der Waals surface area contributed by atoms with Gasteiger partial charge in [-0.2, -0.15) is 0 Å². The number of carbonyl (C=O) groups is 1. The number of nitro benzene ring substituents is 1. The molecule has 18 heavy (non-hydrogen) atoms. The maximum atomic E-state index is 11.3. The molecule has 0 heterocycles. The van der Waals surface area contributed by atoms with Crippen molar-refractivity contribution in [1.82, 2.24) is 5.32 Å². The lowest BCUT2D eigenvalue weighted by Crippen LogP contribution is -2.28. The van der Waals surface area contributed by atoms with Crippen molar-refractivity contribution in [3.05, 3.63) is 46.0 Å². The van der Waals surface area contributed by atoms with Crippen LogP contribution in [0.5, 0.6) is 0 Å². The zero-order valence-corrected chi connectivity index (χ0v) is 9.87. The van der Waals surface area contributed by atoms with Gasteiger partial charge in [-0.3, -0.25) is 14.9 Å². The van der Waals surface area contributed by atoms with E-state index in [1.165, 1.54) is 18.2 Å².